The van der Waals surface area contributed by atoms with Gasteiger partial charge in [-0.3, -0.25) is 0 Å². The molecule has 0 aromatic heterocycles. The van der Waals surface area contributed by atoms with Gasteiger partial charge in [0.1, 0.15) is 0 Å². The molecule has 0 aliphatic rings. The van der Waals surface area contributed by atoms with Crippen molar-refractivity contribution in [1.82, 2.24) is 0 Å². The molecule has 0 aromatic rings. The molecule has 0 bridgehead atoms. The quantitative estimate of drug-likeness (QED) is 0.213. The van der Waals surface area contributed by atoms with Gasteiger partial charge in [0, 0.05) is 0 Å². The molecule has 38 heavy (non-hydrogen) atoms. The zero-order valence-corrected chi connectivity index (χ0v) is 16.0. The number of alkyl halides is 24. The lowest BCUT2D eigenvalue weighted by molar-refractivity contribution is -0.492. The number of halogens is 24. The lowest BCUT2D eigenvalue weighted by Crippen LogP contribution is -2.78. The van der Waals surface area contributed by atoms with Crippen molar-refractivity contribution in [3.05, 3.63) is 0 Å². The second-order valence-corrected chi connectivity index (χ2v) is 6.83. The number of rotatable bonds is 10. The van der Waals surface area contributed by atoms with Gasteiger partial charge in [-0.25, -0.2) is 0 Å². The van der Waals surface area contributed by atoms with Gasteiger partial charge in [-0.2, -0.15) is 105 Å². The highest BCUT2D eigenvalue weighted by atomic mass is 19.4. The Morgan fingerprint density at radius 2 is 0.342 bits per heavy atom. The summed E-state index contributed by atoms with van der Waals surface area (Å²) in [6.45, 7) is 0. The van der Waals surface area contributed by atoms with Crippen LogP contribution in [0.3, 0.4) is 0 Å². The summed E-state index contributed by atoms with van der Waals surface area (Å²) < 4.78 is 311. The third-order valence-corrected chi connectivity index (χ3v) is 4.30. The van der Waals surface area contributed by atoms with E-state index in [0.29, 0.717) is 0 Å². The molecule has 2 nitrogen and oxygen atoms in total. The van der Waals surface area contributed by atoms with Crippen LogP contribution in [0.25, 0.3) is 0 Å². The molecule has 0 amide bonds. The molecular formula is C12H2F24O2. The molecule has 0 saturated carbocycles. The Morgan fingerprint density at radius 3 is 0.474 bits per heavy atom. The summed E-state index contributed by atoms with van der Waals surface area (Å²) in [7, 11) is 0. The van der Waals surface area contributed by atoms with Gasteiger partial charge in [-0.1, -0.05) is 0 Å². The first-order valence-electron chi connectivity index (χ1n) is 7.73. The average Bonchev–Trinajstić information content (AvgIpc) is 2.64. The van der Waals surface area contributed by atoms with Crippen molar-refractivity contribution >= 4 is 0 Å². The number of hydrogen-bond donors (Lipinski definition) is 2. The van der Waals surface area contributed by atoms with Crippen LogP contribution >= 0.6 is 0 Å². The molecule has 26 heteroatoms. The maximum absolute atomic E-state index is 13.4. The summed E-state index contributed by atoms with van der Waals surface area (Å²) in [4.78, 5) is 0. The zero-order chi connectivity index (χ0) is 32.0. The third-order valence-electron chi connectivity index (χ3n) is 4.30. The van der Waals surface area contributed by atoms with Gasteiger partial charge in [0.05, 0.1) is 0 Å². The Kier molecular flexibility index (Phi) is 7.99. The van der Waals surface area contributed by atoms with E-state index in [2.05, 4.69) is 0 Å². The molecule has 0 aliphatic carbocycles. The van der Waals surface area contributed by atoms with E-state index in [0.717, 1.165) is 0 Å². The summed E-state index contributed by atoms with van der Waals surface area (Å²) in [5.41, 5.74) is 0. The second-order valence-electron chi connectivity index (χ2n) is 6.83. The summed E-state index contributed by atoms with van der Waals surface area (Å²) in [5.74, 6) is -91.5. The minimum Gasteiger partial charge on any atom is -0.335 e. The summed E-state index contributed by atoms with van der Waals surface area (Å²) in [6, 6.07) is -7.18. The Bertz CT molecular complexity index is 802. The van der Waals surface area contributed by atoms with Gasteiger partial charge in [0.25, 0.3) is 0 Å². The first kappa shape index (κ1) is 36.2. The molecular weight excluding hydrogens is 632 g/mol. The number of aliphatic hydroxyl groups is 2. The number of hydrogen-bond acceptors (Lipinski definition) is 2. The molecule has 230 valence electrons. The SMILES string of the molecule is OC(O)(F)C(F)(F)C(F)(F)C(F)(F)C(F)(F)C(F)(F)C(F)(F)C(F)(F)C(F)(F)C(F)(F)C(F)(F)C(F)(F)F. The van der Waals surface area contributed by atoms with Crippen molar-refractivity contribution in [3.63, 3.8) is 0 Å². The second kappa shape index (κ2) is 8.37. The van der Waals surface area contributed by atoms with E-state index in [-0.39, 0.29) is 0 Å². The Balaban J connectivity index is 7.29. The topological polar surface area (TPSA) is 40.5 Å². The highest BCUT2D eigenvalue weighted by molar-refractivity contribution is 5.19. The summed E-state index contributed by atoms with van der Waals surface area (Å²) in [6.07, 6.45) is -8.16. The smallest absolute Gasteiger partial charge is 0.335 e. The average molecular weight is 634 g/mol. The fourth-order valence-electron chi connectivity index (χ4n) is 1.96. The lowest BCUT2D eigenvalue weighted by atomic mass is 9.85. The molecule has 0 unspecified atom stereocenters. The monoisotopic (exact) mass is 634 g/mol. The molecule has 0 aliphatic heterocycles. The van der Waals surface area contributed by atoms with Crippen molar-refractivity contribution < 1.29 is 116 Å². The fraction of sp³-hybridized carbons (Fsp3) is 1.00. The van der Waals surface area contributed by atoms with E-state index < -0.39 is 71.4 Å². The Hall–Kier alpha value is -1.76. The summed E-state index contributed by atoms with van der Waals surface area (Å²) in [5, 5.41) is 15.2. The van der Waals surface area contributed by atoms with E-state index in [4.69, 9.17) is 10.2 Å². The van der Waals surface area contributed by atoms with Crippen molar-refractivity contribution in [2.75, 3.05) is 0 Å². The molecule has 0 atom stereocenters. The van der Waals surface area contributed by atoms with Gasteiger partial charge in [-0.05, 0) is 0 Å². The van der Waals surface area contributed by atoms with Crippen LogP contribution in [-0.4, -0.2) is 81.7 Å². The molecule has 0 saturated heterocycles. The van der Waals surface area contributed by atoms with Crippen LogP contribution in [0.4, 0.5) is 105 Å². The van der Waals surface area contributed by atoms with Crippen LogP contribution in [-0.2, 0) is 0 Å². The minimum atomic E-state index is -9.59. The minimum absolute atomic E-state index is 7.18. The maximum Gasteiger partial charge on any atom is 0.460 e. The molecule has 0 fully saturated rings. The third kappa shape index (κ3) is 4.00. The van der Waals surface area contributed by atoms with E-state index in [9.17, 15) is 105 Å². The Labute approximate surface area is 188 Å². The van der Waals surface area contributed by atoms with Crippen LogP contribution in [0.5, 0.6) is 0 Å². The van der Waals surface area contributed by atoms with Crippen molar-refractivity contribution in [3.8, 4) is 0 Å². The molecule has 0 heterocycles. The predicted molar refractivity (Wildman–Crippen MR) is 63.8 cm³/mol. The maximum atomic E-state index is 13.4. The lowest BCUT2D eigenvalue weighted by Gasteiger charge is -2.45. The van der Waals surface area contributed by atoms with Crippen LogP contribution in [0.2, 0.25) is 0 Å². The van der Waals surface area contributed by atoms with E-state index in [1.807, 2.05) is 0 Å². The van der Waals surface area contributed by atoms with Gasteiger partial charge < -0.3 is 10.2 Å². The molecule has 0 rings (SSSR count). The van der Waals surface area contributed by atoms with E-state index in [1.54, 1.807) is 0 Å². The predicted octanol–water partition coefficient (Wildman–Crippen LogP) is 6.51. The van der Waals surface area contributed by atoms with Crippen molar-refractivity contribution in [2.24, 2.45) is 0 Å². The highest BCUT2D eigenvalue weighted by Gasteiger charge is 2.99. The molecule has 0 aromatic carbocycles. The van der Waals surface area contributed by atoms with Gasteiger partial charge in [0.15, 0.2) is 0 Å². The van der Waals surface area contributed by atoms with Gasteiger partial charge >= 0.3 is 71.4 Å². The standard InChI is InChI=1S/C12H2F24O2/c13-1(14,3(17,18)5(21,22)7(25,26)9(29,30)11(33,34)35)2(15,16)4(19,20)6(23,24)8(27,28)10(31,32)12(36,37)38/h37-38H. The van der Waals surface area contributed by atoms with Crippen LogP contribution in [0.1, 0.15) is 0 Å². The highest BCUT2D eigenvalue weighted by Crippen LogP contribution is 2.67. The normalized spacial score (nSPS) is 17.2. The van der Waals surface area contributed by atoms with Crippen molar-refractivity contribution in [1.29, 1.82) is 0 Å². The first-order valence-corrected chi connectivity index (χ1v) is 7.73. The molecule has 2 N–H and O–H groups in total. The van der Waals surface area contributed by atoms with Crippen LogP contribution in [0, 0.1) is 0 Å². The van der Waals surface area contributed by atoms with Crippen LogP contribution < -0.4 is 0 Å². The summed E-state index contributed by atoms with van der Waals surface area (Å²) >= 11 is 0. The largest absolute Gasteiger partial charge is 0.460 e. The molecule has 0 radical (unpaired) electrons. The van der Waals surface area contributed by atoms with Crippen LogP contribution in [0.15, 0.2) is 0 Å². The zero-order valence-electron chi connectivity index (χ0n) is 16.0. The van der Waals surface area contributed by atoms with Gasteiger partial charge in [-0.15, -0.1) is 0 Å². The van der Waals surface area contributed by atoms with Gasteiger partial charge in [0.2, 0.25) is 0 Å². The Morgan fingerprint density at radius 1 is 0.211 bits per heavy atom. The van der Waals surface area contributed by atoms with E-state index in [1.165, 1.54) is 0 Å². The van der Waals surface area contributed by atoms with Crippen molar-refractivity contribution in [2.45, 2.75) is 71.4 Å². The molecule has 0 spiro atoms. The fourth-order valence-corrected chi connectivity index (χ4v) is 1.96. The first-order chi connectivity index (χ1) is 15.8. The van der Waals surface area contributed by atoms with E-state index >= 15 is 0 Å².